The molecule has 5 rings (SSSR count). The number of fused-ring (bicyclic) bond motifs is 3. The number of benzene rings is 2. The van der Waals surface area contributed by atoms with Crippen LogP contribution in [0.1, 0.15) is 24.0 Å². The predicted octanol–water partition coefficient (Wildman–Crippen LogP) is 3.46. The van der Waals surface area contributed by atoms with Gasteiger partial charge >= 0.3 is 0 Å². The van der Waals surface area contributed by atoms with Crippen molar-refractivity contribution in [3.8, 4) is 16.9 Å². The van der Waals surface area contributed by atoms with Crippen LogP contribution in [-0.2, 0) is 20.8 Å². The summed E-state index contributed by atoms with van der Waals surface area (Å²) in [6.45, 7) is 0. The number of rotatable bonds is 3. The maximum atomic E-state index is 13.7. The third-order valence-corrected chi connectivity index (χ3v) is 8.49. The van der Waals surface area contributed by atoms with E-state index in [2.05, 4.69) is 0 Å². The van der Waals surface area contributed by atoms with Gasteiger partial charge in [0.2, 0.25) is 5.78 Å². The van der Waals surface area contributed by atoms with Crippen LogP contribution in [0, 0.1) is 11.8 Å². The number of hydrogen-bond acceptors (Lipinski definition) is 8. The van der Waals surface area contributed by atoms with Crippen molar-refractivity contribution < 1.29 is 34.8 Å². The minimum atomic E-state index is -2.61. The number of ketones is 2. The van der Waals surface area contributed by atoms with Crippen LogP contribution in [0.25, 0.3) is 16.9 Å². The van der Waals surface area contributed by atoms with Crippen molar-refractivity contribution in [1.82, 2.24) is 0 Å². The first kappa shape index (κ1) is 26.1. The van der Waals surface area contributed by atoms with E-state index in [9.17, 15) is 34.8 Å². The molecule has 3 aliphatic carbocycles. The second kappa shape index (κ2) is 8.76. The number of nitrogens with two attached hydrogens (primary N) is 1. The molecule has 1 fully saturated rings. The predicted molar refractivity (Wildman–Crippen MR) is 141 cm³/mol. The van der Waals surface area contributed by atoms with E-state index in [1.165, 1.54) is 0 Å². The van der Waals surface area contributed by atoms with Crippen LogP contribution in [0.4, 0.5) is 5.69 Å². The number of aliphatic hydroxyl groups is 3. The Morgan fingerprint density at radius 1 is 1.08 bits per heavy atom. The van der Waals surface area contributed by atoms with Crippen molar-refractivity contribution in [3.05, 3.63) is 62.3 Å². The van der Waals surface area contributed by atoms with Gasteiger partial charge in [-0.25, -0.2) is 0 Å². The average Bonchev–Trinajstić information content (AvgIpc) is 2.83. The Bertz CT molecular complexity index is 1530. The quantitative estimate of drug-likeness (QED) is 0.357. The molecule has 2 aromatic carbocycles. The van der Waals surface area contributed by atoms with Crippen LogP contribution < -0.4 is 10.6 Å². The standard InChI is InChI=1S/C27H24Cl2N2O7/c1-31(2)17-9-13(10-3-4-15(28)16(29)7-10)22(33)20-14(17)6-11-5-12-8-18(32)21(26(30)37)25(36)27(12,38)24(35)19(11)23(20)34/h3-4,7,9,11-12,33-34,36,38H,5-6,8H2,1-2H3,(H2,30,37)/t11-,12+,27+/m1/s1. The Hall–Kier alpha value is -3.53. The summed E-state index contributed by atoms with van der Waals surface area (Å²) in [7, 11) is 3.58. The lowest BCUT2D eigenvalue weighted by molar-refractivity contribution is -0.147. The lowest BCUT2D eigenvalue weighted by Gasteiger charge is -2.46. The van der Waals surface area contributed by atoms with Crippen LogP contribution in [0.5, 0.6) is 5.75 Å². The number of carbonyl (C=O) groups excluding carboxylic acids is 3. The van der Waals surface area contributed by atoms with Gasteiger partial charge in [-0.15, -0.1) is 0 Å². The fourth-order valence-corrected chi connectivity index (χ4v) is 6.25. The van der Waals surface area contributed by atoms with Crippen molar-refractivity contribution in [2.24, 2.45) is 17.6 Å². The molecule has 0 heterocycles. The molecular weight excluding hydrogens is 535 g/mol. The number of primary amides is 1. The number of phenols is 1. The second-order valence-corrected chi connectivity index (χ2v) is 10.9. The number of hydrogen-bond donors (Lipinski definition) is 5. The first-order chi connectivity index (χ1) is 17.8. The third kappa shape index (κ3) is 3.53. The highest BCUT2D eigenvalue weighted by Crippen LogP contribution is 2.54. The Kier molecular flexibility index (Phi) is 6.01. The number of aliphatic hydroxyl groups excluding tert-OH is 2. The molecule has 3 atom stereocenters. The molecule has 9 nitrogen and oxygen atoms in total. The lowest BCUT2D eigenvalue weighted by atomic mass is 9.59. The van der Waals surface area contributed by atoms with Crippen LogP contribution in [0.2, 0.25) is 10.0 Å². The van der Waals surface area contributed by atoms with E-state index in [1.807, 2.05) is 0 Å². The molecule has 0 spiro atoms. The summed E-state index contributed by atoms with van der Waals surface area (Å²) in [6.07, 6.45) is -0.105. The summed E-state index contributed by atoms with van der Waals surface area (Å²) < 4.78 is 0. The summed E-state index contributed by atoms with van der Waals surface area (Å²) in [5.74, 6) is -6.69. The molecule has 38 heavy (non-hydrogen) atoms. The number of nitrogens with zero attached hydrogens (tertiary/aromatic N) is 1. The maximum absolute atomic E-state index is 13.7. The molecule has 11 heteroatoms. The Labute approximate surface area is 227 Å². The number of halogens is 2. The first-order valence-corrected chi connectivity index (χ1v) is 12.5. The topological polar surface area (TPSA) is 161 Å². The third-order valence-electron chi connectivity index (χ3n) is 7.75. The molecule has 1 amide bonds. The molecule has 0 bridgehead atoms. The number of amides is 1. The van der Waals surface area contributed by atoms with Crippen LogP contribution in [0.3, 0.4) is 0 Å². The monoisotopic (exact) mass is 558 g/mol. The minimum Gasteiger partial charge on any atom is -0.508 e. The maximum Gasteiger partial charge on any atom is 0.255 e. The number of aromatic hydroxyl groups is 1. The highest BCUT2D eigenvalue weighted by atomic mass is 35.5. The number of Topliss-reactive ketones (excluding diaryl/α,β-unsaturated/α-hetero) is 2. The van der Waals surface area contributed by atoms with Crippen molar-refractivity contribution in [2.75, 3.05) is 19.0 Å². The highest BCUT2D eigenvalue weighted by Gasteiger charge is 2.60. The fraction of sp³-hybridized carbons (Fsp3) is 0.296. The Morgan fingerprint density at radius 2 is 1.76 bits per heavy atom. The Morgan fingerprint density at radius 3 is 2.37 bits per heavy atom. The SMILES string of the molecule is CN(C)c1cc(-c2ccc(Cl)c(Cl)c2)c(O)c2c1C[C@H]1C[C@H]3CC(=O)C(C(N)=O)=C(O)[C@@]3(O)C(=O)C1=C2O. The minimum absolute atomic E-state index is 0.00408. The van der Waals surface area contributed by atoms with Crippen LogP contribution in [-0.4, -0.2) is 57.6 Å². The summed E-state index contributed by atoms with van der Waals surface area (Å²) in [5, 5.41) is 45.5. The van der Waals surface area contributed by atoms with Crippen molar-refractivity contribution in [3.63, 3.8) is 0 Å². The van der Waals surface area contributed by atoms with Gasteiger partial charge in [-0.1, -0.05) is 29.3 Å². The second-order valence-electron chi connectivity index (χ2n) is 10.1. The largest absolute Gasteiger partial charge is 0.508 e. The summed E-state index contributed by atoms with van der Waals surface area (Å²) in [4.78, 5) is 39.9. The number of carbonyl (C=O) groups is 3. The molecule has 6 N–H and O–H groups in total. The van der Waals surface area contributed by atoms with Crippen LogP contribution >= 0.6 is 23.2 Å². The molecule has 1 saturated carbocycles. The lowest BCUT2D eigenvalue weighted by Crippen LogP contribution is -2.58. The molecule has 0 aromatic heterocycles. The zero-order chi connectivity index (χ0) is 27.8. The van der Waals surface area contributed by atoms with E-state index in [0.29, 0.717) is 27.4 Å². The molecule has 0 saturated heterocycles. The van der Waals surface area contributed by atoms with Gasteiger partial charge in [0.1, 0.15) is 22.8 Å². The zero-order valence-corrected chi connectivity index (χ0v) is 21.9. The first-order valence-electron chi connectivity index (χ1n) is 11.8. The summed E-state index contributed by atoms with van der Waals surface area (Å²) >= 11 is 12.3. The highest BCUT2D eigenvalue weighted by molar-refractivity contribution is 6.42. The van der Waals surface area contributed by atoms with E-state index in [1.54, 1.807) is 43.3 Å². The molecule has 0 aliphatic heterocycles. The summed E-state index contributed by atoms with van der Waals surface area (Å²) in [6, 6.07) is 6.52. The van der Waals surface area contributed by atoms with Crippen molar-refractivity contribution in [2.45, 2.75) is 24.9 Å². The number of phenolic OH excluding ortho intramolecular Hbond substituents is 1. The normalized spacial score (nSPS) is 24.7. The van der Waals surface area contributed by atoms with E-state index in [4.69, 9.17) is 28.9 Å². The average molecular weight is 559 g/mol. The molecule has 0 radical (unpaired) electrons. The van der Waals surface area contributed by atoms with Gasteiger partial charge in [0, 0.05) is 43.3 Å². The van der Waals surface area contributed by atoms with Gasteiger partial charge in [0.15, 0.2) is 11.4 Å². The van der Waals surface area contributed by atoms with Crippen LogP contribution in [0.15, 0.2) is 41.2 Å². The van der Waals surface area contributed by atoms with Crippen molar-refractivity contribution in [1.29, 1.82) is 0 Å². The van der Waals surface area contributed by atoms with Gasteiger partial charge in [-0.3, -0.25) is 14.4 Å². The smallest absolute Gasteiger partial charge is 0.255 e. The van der Waals surface area contributed by atoms with E-state index in [-0.39, 0.29) is 41.2 Å². The fourth-order valence-electron chi connectivity index (χ4n) is 5.95. The van der Waals surface area contributed by atoms with Gasteiger partial charge in [-0.2, -0.15) is 0 Å². The van der Waals surface area contributed by atoms with Crippen molar-refractivity contribution >= 4 is 52.1 Å². The molecule has 2 aromatic rings. The molecule has 198 valence electrons. The number of anilines is 1. The van der Waals surface area contributed by atoms with E-state index >= 15 is 0 Å². The van der Waals surface area contributed by atoms with Gasteiger partial charge in [-0.05, 0) is 48.1 Å². The molecular formula is C27H24Cl2N2O7. The molecule has 0 unspecified atom stereocenters. The molecule has 3 aliphatic rings. The van der Waals surface area contributed by atoms with Gasteiger partial charge < -0.3 is 31.1 Å². The van der Waals surface area contributed by atoms with E-state index < -0.39 is 52.0 Å². The Balaban J connectivity index is 1.75. The summed E-state index contributed by atoms with van der Waals surface area (Å²) in [5.41, 5.74) is 3.66. The zero-order valence-electron chi connectivity index (χ0n) is 20.4. The van der Waals surface area contributed by atoms with E-state index in [0.717, 1.165) is 0 Å². The van der Waals surface area contributed by atoms with Gasteiger partial charge in [0.05, 0.1) is 15.6 Å². The van der Waals surface area contributed by atoms with Gasteiger partial charge in [0.25, 0.3) is 5.91 Å².